The lowest BCUT2D eigenvalue weighted by Crippen LogP contribution is -2.28. The largest absolute Gasteiger partial charge is 0.379 e. The lowest BCUT2D eigenvalue weighted by atomic mass is 10.0. The second-order valence-corrected chi connectivity index (χ2v) is 6.14. The normalized spacial score (nSPS) is 22.9. The van der Waals surface area contributed by atoms with Crippen molar-refractivity contribution >= 4 is 31.9 Å². The molecule has 0 aromatic carbocycles. The average molecular weight is 390 g/mol. The number of halogens is 2. The summed E-state index contributed by atoms with van der Waals surface area (Å²) in [4.78, 5) is 8.48. The first kappa shape index (κ1) is 13.2. The van der Waals surface area contributed by atoms with E-state index in [0.29, 0.717) is 24.5 Å². The van der Waals surface area contributed by atoms with Crippen molar-refractivity contribution in [3.05, 3.63) is 27.1 Å². The minimum Gasteiger partial charge on any atom is -0.379 e. The number of rotatable bonds is 2. The SMILES string of the molecule is OC1(c2nc(-c3ncc(Br)cc3Br)no2)CCNC1. The predicted octanol–water partition coefficient (Wildman–Crippen LogP) is 1.84. The van der Waals surface area contributed by atoms with Crippen molar-refractivity contribution in [1.29, 1.82) is 0 Å². The van der Waals surface area contributed by atoms with Crippen LogP contribution in [0, 0.1) is 0 Å². The van der Waals surface area contributed by atoms with Crippen molar-refractivity contribution in [2.75, 3.05) is 13.1 Å². The van der Waals surface area contributed by atoms with Crippen molar-refractivity contribution in [2.45, 2.75) is 12.0 Å². The molecule has 1 atom stereocenters. The van der Waals surface area contributed by atoms with Gasteiger partial charge in [0.05, 0.1) is 0 Å². The Morgan fingerprint density at radius 2 is 2.26 bits per heavy atom. The molecule has 2 aromatic rings. The molecule has 2 aromatic heterocycles. The predicted molar refractivity (Wildman–Crippen MR) is 74.3 cm³/mol. The fourth-order valence-corrected chi connectivity index (χ4v) is 3.11. The first-order chi connectivity index (χ1) is 9.08. The molecular weight excluding hydrogens is 380 g/mol. The molecule has 0 amide bonds. The molecule has 0 spiro atoms. The summed E-state index contributed by atoms with van der Waals surface area (Å²) in [6, 6.07) is 1.85. The summed E-state index contributed by atoms with van der Waals surface area (Å²) in [6.45, 7) is 1.15. The molecule has 0 radical (unpaired) electrons. The number of hydrogen-bond acceptors (Lipinski definition) is 6. The van der Waals surface area contributed by atoms with Gasteiger partial charge < -0.3 is 14.9 Å². The number of aromatic nitrogens is 3. The number of nitrogens with one attached hydrogen (secondary N) is 1. The van der Waals surface area contributed by atoms with E-state index in [1.807, 2.05) is 6.07 Å². The second-order valence-electron chi connectivity index (χ2n) is 4.37. The third-order valence-electron chi connectivity index (χ3n) is 2.98. The van der Waals surface area contributed by atoms with Crippen LogP contribution in [0.3, 0.4) is 0 Å². The molecule has 2 N–H and O–H groups in total. The van der Waals surface area contributed by atoms with Crippen molar-refractivity contribution in [3.63, 3.8) is 0 Å². The number of aliphatic hydroxyl groups is 1. The molecule has 1 unspecified atom stereocenters. The Morgan fingerprint density at radius 1 is 1.42 bits per heavy atom. The molecule has 0 saturated carbocycles. The molecule has 3 rings (SSSR count). The molecule has 19 heavy (non-hydrogen) atoms. The van der Waals surface area contributed by atoms with E-state index in [9.17, 15) is 5.11 Å². The number of hydrogen-bond donors (Lipinski definition) is 2. The maximum absolute atomic E-state index is 10.3. The van der Waals surface area contributed by atoms with Crippen LogP contribution in [0.4, 0.5) is 0 Å². The van der Waals surface area contributed by atoms with Crippen LogP contribution in [0.15, 0.2) is 25.7 Å². The van der Waals surface area contributed by atoms with Gasteiger partial charge in [-0.25, -0.2) is 0 Å². The summed E-state index contributed by atoms with van der Waals surface area (Å²) in [6.07, 6.45) is 2.21. The molecule has 1 aliphatic heterocycles. The lowest BCUT2D eigenvalue weighted by Gasteiger charge is -2.14. The Kier molecular flexibility index (Phi) is 3.42. The number of pyridine rings is 1. The highest BCUT2D eigenvalue weighted by Crippen LogP contribution is 2.30. The lowest BCUT2D eigenvalue weighted by molar-refractivity contribution is 0.0243. The van der Waals surface area contributed by atoms with Crippen LogP contribution in [0.2, 0.25) is 0 Å². The Balaban J connectivity index is 1.97. The van der Waals surface area contributed by atoms with E-state index in [1.165, 1.54) is 0 Å². The van der Waals surface area contributed by atoms with E-state index in [1.54, 1.807) is 6.20 Å². The minimum atomic E-state index is -1.08. The highest BCUT2D eigenvalue weighted by molar-refractivity contribution is 9.11. The fraction of sp³-hybridized carbons (Fsp3) is 0.364. The zero-order chi connectivity index (χ0) is 13.5. The van der Waals surface area contributed by atoms with Gasteiger partial charge in [0.2, 0.25) is 5.82 Å². The smallest absolute Gasteiger partial charge is 0.260 e. The van der Waals surface area contributed by atoms with Crippen LogP contribution in [-0.2, 0) is 5.60 Å². The van der Waals surface area contributed by atoms with Gasteiger partial charge in [0, 0.05) is 21.7 Å². The van der Waals surface area contributed by atoms with Gasteiger partial charge in [-0.3, -0.25) is 4.98 Å². The first-order valence-electron chi connectivity index (χ1n) is 5.67. The van der Waals surface area contributed by atoms with Gasteiger partial charge in [-0.2, -0.15) is 4.98 Å². The monoisotopic (exact) mass is 388 g/mol. The fourth-order valence-electron chi connectivity index (χ4n) is 1.95. The van der Waals surface area contributed by atoms with Crippen LogP contribution < -0.4 is 5.32 Å². The molecule has 1 aliphatic rings. The van der Waals surface area contributed by atoms with Gasteiger partial charge in [0.25, 0.3) is 5.89 Å². The Morgan fingerprint density at radius 3 is 2.95 bits per heavy atom. The molecule has 100 valence electrons. The Bertz CT molecular complexity index is 610. The van der Waals surface area contributed by atoms with E-state index >= 15 is 0 Å². The molecule has 6 nitrogen and oxygen atoms in total. The Hall–Kier alpha value is -0.830. The highest BCUT2D eigenvalue weighted by atomic mass is 79.9. The summed E-state index contributed by atoms with van der Waals surface area (Å²) in [5, 5.41) is 17.3. The third kappa shape index (κ3) is 2.45. The molecule has 1 saturated heterocycles. The second kappa shape index (κ2) is 4.93. The van der Waals surface area contributed by atoms with E-state index in [-0.39, 0.29) is 5.89 Å². The van der Waals surface area contributed by atoms with Crippen molar-refractivity contribution < 1.29 is 9.63 Å². The zero-order valence-corrected chi connectivity index (χ0v) is 12.9. The maximum atomic E-state index is 10.3. The summed E-state index contributed by atoms with van der Waals surface area (Å²) in [5.41, 5.74) is -0.500. The topological polar surface area (TPSA) is 84.1 Å². The van der Waals surface area contributed by atoms with E-state index in [2.05, 4.69) is 52.3 Å². The van der Waals surface area contributed by atoms with E-state index < -0.39 is 5.60 Å². The first-order valence-corrected chi connectivity index (χ1v) is 7.26. The summed E-state index contributed by atoms with van der Waals surface area (Å²) in [7, 11) is 0. The van der Waals surface area contributed by atoms with Crippen molar-refractivity contribution in [3.8, 4) is 11.5 Å². The molecular formula is C11H10Br2N4O2. The van der Waals surface area contributed by atoms with Crippen molar-refractivity contribution in [2.24, 2.45) is 0 Å². The maximum Gasteiger partial charge on any atom is 0.260 e. The van der Waals surface area contributed by atoms with Crippen LogP contribution >= 0.6 is 31.9 Å². The van der Waals surface area contributed by atoms with Crippen LogP contribution in [0.5, 0.6) is 0 Å². The minimum absolute atomic E-state index is 0.226. The number of β-amino-alcohol motifs (C(OH)–C–C–N with tert-alkyl or cyclic N) is 1. The third-order valence-corrected chi connectivity index (χ3v) is 4.01. The average Bonchev–Trinajstić information content (AvgIpc) is 2.99. The molecule has 0 aliphatic carbocycles. The quantitative estimate of drug-likeness (QED) is 0.815. The summed E-state index contributed by atoms with van der Waals surface area (Å²) in [5.74, 6) is 0.582. The van der Waals surface area contributed by atoms with Crippen LogP contribution in [0.25, 0.3) is 11.5 Å². The van der Waals surface area contributed by atoms with Gasteiger partial charge >= 0.3 is 0 Å². The van der Waals surface area contributed by atoms with Crippen LogP contribution in [-0.4, -0.2) is 33.3 Å². The van der Waals surface area contributed by atoms with Crippen molar-refractivity contribution in [1.82, 2.24) is 20.4 Å². The van der Waals surface area contributed by atoms with Crippen LogP contribution in [0.1, 0.15) is 12.3 Å². The zero-order valence-electron chi connectivity index (χ0n) is 9.73. The Labute approximate surface area is 125 Å². The van der Waals surface area contributed by atoms with Gasteiger partial charge in [-0.1, -0.05) is 5.16 Å². The molecule has 3 heterocycles. The van der Waals surface area contributed by atoms with Gasteiger partial charge in [-0.15, -0.1) is 0 Å². The molecule has 8 heteroatoms. The summed E-state index contributed by atoms with van der Waals surface area (Å²) >= 11 is 6.73. The highest BCUT2D eigenvalue weighted by Gasteiger charge is 2.39. The van der Waals surface area contributed by atoms with E-state index in [0.717, 1.165) is 15.5 Å². The van der Waals surface area contributed by atoms with Gasteiger partial charge in [0.15, 0.2) is 5.60 Å². The standard InChI is InChI=1S/C11H10Br2N4O2/c12-6-3-7(13)8(15-4-6)9-16-10(19-17-9)11(18)1-2-14-5-11/h3-4,14,18H,1-2,5H2. The molecule has 1 fully saturated rings. The number of nitrogens with zero attached hydrogens (tertiary/aromatic N) is 3. The van der Waals surface area contributed by atoms with Gasteiger partial charge in [0.1, 0.15) is 5.69 Å². The summed E-state index contributed by atoms with van der Waals surface area (Å²) < 4.78 is 6.78. The van der Waals surface area contributed by atoms with E-state index in [4.69, 9.17) is 4.52 Å². The molecule has 0 bridgehead atoms. The van der Waals surface area contributed by atoms with Gasteiger partial charge in [-0.05, 0) is 50.9 Å².